The first kappa shape index (κ1) is 19.2. The van der Waals surface area contributed by atoms with Crippen LogP contribution in [0.15, 0.2) is 18.2 Å². The van der Waals surface area contributed by atoms with E-state index in [0.29, 0.717) is 26.2 Å². The predicted octanol–water partition coefficient (Wildman–Crippen LogP) is 3.29. The SMILES string of the molecule is CC(=O)N1CCCc2cc(C(O)CN3CCC(C(F)(F)F)CC3)ccc21. The van der Waals surface area contributed by atoms with Crippen molar-refractivity contribution in [2.45, 2.75) is 44.9 Å². The topological polar surface area (TPSA) is 43.8 Å². The largest absolute Gasteiger partial charge is 0.391 e. The molecular weight excluding hydrogens is 345 g/mol. The maximum Gasteiger partial charge on any atom is 0.391 e. The zero-order valence-corrected chi connectivity index (χ0v) is 14.9. The fourth-order valence-corrected chi connectivity index (χ4v) is 3.94. The van der Waals surface area contributed by atoms with Crippen LogP contribution in [0.1, 0.15) is 43.4 Å². The lowest BCUT2D eigenvalue weighted by Crippen LogP contribution is -2.40. The molecule has 0 saturated carbocycles. The molecule has 1 aromatic carbocycles. The van der Waals surface area contributed by atoms with Gasteiger partial charge in [0.1, 0.15) is 0 Å². The summed E-state index contributed by atoms with van der Waals surface area (Å²) in [6, 6.07) is 5.61. The van der Waals surface area contributed by atoms with Crippen LogP contribution in [0.2, 0.25) is 0 Å². The number of alkyl halides is 3. The number of amides is 1. The summed E-state index contributed by atoms with van der Waals surface area (Å²) in [5, 5.41) is 10.5. The highest BCUT2D eigenvalue weighted by Crippen LogP contribution is 2.35. The smallest absolute Gasteiger partial charge is 0.387 e. The Balaban J connectivity index is 1.62. The first-order valence-corrected chi connectivity index (χ1v) is 9.14. The second-order valence-corrected chi connectivity index (χ2v) is 7.29. The molecule has 7 heteroatoms. The van der Waals surface area contributed by atoms with Gasteiger partial charge in [-0.3, -0.25) is 4.79 Å². The zero-order chi connectivity index (χ0) is 18.9. The van der Waals surface area contributed by atoms with Crippen molar-refractivity contribution in [1.82, 2.24) is 4.90 Å². The van der Waals surface area contributed by atoms with Crippen LogP contribution in [0.3, 0.4) is 0 Å². The number of aryl methyl sites for hydroxylation is 1. The van der Waals surface area contributed by atoms with Crippen molar-refractivity contribution in [3.8, 4) is 0 Å². The highest BCUT2D eigenvalue weighted by Gasteiger charge is 2.41. The van der Waals surface area contributed by atoms with Gasteiger partial charge in [0.05, 0.1) is 12.0 Å². The molecule has 2 heterocycles. The van der Waals surface area contributed by atoms with Crippen LogP contribution in [-0.4, -0.2) is 48.3 Å². The highest BCUT2D eigenvalue weighted by molar-refractivity contribution is 5.92. The van der Waals surface area contributed by atoms with Crippen LogP contribution in [0.5, 0.6) is 0 Å². The normalized spacial score (nSPS) is 20.7. The lowest BCUT2D eigenvalue weighted by Gasteiger charge is -2.34. The van der Waals surface area contributed by atoms with Crippen LogP contribution in [0, 0.1) is 5.92 Å². The van der Waals surface area contributed by atoms with E-state index in [9.17, 15) is 23.1 Å². The molecule has 144 valence electrons. The van der Waals surface area contributed by atoms with Gasteiger partial charge >= 0.3 is 6.18 Å². The van der Waals surface area contributed by atoms with E-state index in [1.807, 2.05) is 23.1 Å². The van der Waals surface area contributed by atoms with Crippen molar-refractivity contribution in [2.24, 2.45) is 5.92 Å². The second-order valence-electron chi connectivity index (χ2n) is 7.29. The molecule has 1 N–H and O–H groups in total. The number of hydrogen-bond acceptors (Lipinski definition) is 3. The zero-order valence-electron chi connectivity index (χ0n) is 14.9. The van der Waals surface area contributed by atoms with Crippen molar-refractivity contribution in [3.63, 3.8) is 0 Å². The van der Waals surface area contributed by atoms with Crippen molar-refractivity contribution < 1.29 is 23.1 Å². The number of rotatable bonds is 3. The van der Waals surface area contributed by atoms with Gasteiger partial charge in [0.25, 0.3) is 0 Å². The summed E-state index contributed by atoms with van der Waals surface area (Å²) in [4.78, 5) is 15.4. The Labute approximate surface area is 151 Å². The van der Waals surface area contributed by atoms with E-state index in [1.54, 1.807) is 11.8 Å². The van der Waals surface area contributed by atoms with Crippen LogP contribution in [0.4, 0.5) is 18.9 Å². The molecule has 0 aromatic heterocycles. The lowest BCUT2D eigenvalue weighted by molar-refractivity contribution is -0.185. The molecule has 2 aliphatic heterocycles. The number of β-amino-alcohol motifs (C(OH)–C–C–N with tert-alkyl or cyclic N) is 1. The standard InChI is InChI=1S/C19H25F3N2O2/c1-13(25)24-8-2-3-14-11-15(4-5-17(14)24)18(26)12-23-9-6-16(7-10-23)19(20,21)22/h4-5,11,16,18,26H,2-3,6-10,12H2,1H3. The maximum atomic E-state index is 12.7. The van der Waals surface area contributed by atoms with Crippen molar-refractivity contribution in [3.05, 3.63) is 29.3 Å². The van der Waals surface area contributed by atoms with Gasteiger partial charge in [0.2, 0.25) is 5.91 Å². The Hall–Kier alpha value is -1.60. The molecule has 1 amide bonds. The number of carbonyl (C=O) groups is 1. The first-order chi connectivity index (χ1) is 12.3. The number of hydrogen-bond donors (Lipinski definition) is 1. The van der Waals surface area contributed by atoms with Gasteiger partial charge in [0, 0.05) is 25.7 Å². The summed E-state index contributed by atoms with van der Waals surface area (Å²) < 4.78 is 38.2. The number of anilines is 1. The third-order valence-electron chi connectivity index (χ3n) is 5.47. The molecule has 0 radical (unpaired) electrons. The van der Waals surface area contributed by atoms with Gasteiger partial charge < -0.3 is 14.9 Å². The van der Waals surface area contributed by atoms with Gasteiger partial charge in [-0.25, -0.2) is 0 Å². The molecule has 1 atom stereocenters. The van der Waals surface area contributed by atoms with Crippen LogP contribution < -0.4 is 4.90 Å². The number of piperidine rings is 1. The minimum Gasteiger partial charge on any atom is -0.387 e. The van der Waals surface area contributed by atoms with Crippen molar-refractivity contribution in [1.29, 1.82) is 0 Å². The van der Waals surface area contributed by atoms with E-state index < -0.39 is 18.2 Å². The Morgan fingerprint density at radius 3 is 2.58 bits per heavy atom. The van der Waals surface area contributed by atoms with E-state index in [4.69, 9.17) is 0 Å². The maximum absolute atomic E-state index is 12.7. The Kier molecular flexibility index (Phi) is 5.58. The van der Waals surface area contributed by atoms with Crippen LogP contribution in [-0.2, 0) is 11.2 Å². The molecule has 1 unspecified atom stereocenters. The van der Waals surface area contributed by atoms with E-state index in [1.165, 1.54) is 0 Å². The fraction of sp³-hybridized carbons (Fsp3) is 0.632. The molecule has 0 aliphatic carbocycles. The molecular formula is C19H25F3N2O2. The van der Waals surface area contributed by atoms with E-state index in [2.05, 4.69) is 0 Å². The van der Waals surface area contributed by atoms with Gasteiger partial charge in [-0.15, -0.1) is 0 Å². The molecule has 2 aliphatic rings. The minimum absolute atomic E-state index is 0.00628. The third kappa shape index (κ3) is 4.20. The summed E-state index contributed by atoms with van der Waals surface area (Å²) in [5.41, 5.74) is 2.69. The molecule has 1 saturated heterocycles. The van der Waals surface area contributed by atoms with Gasteiger partial charge in [0.15, 0.2) is 0 Å². The monoisotopic (exact) mass is 370 g/mol. The molecule has 0 bridgehead atoms. The summed E-state index contributed by atoms with van der Waals surface area (Å²) in [5.74, 6) is -1.22. The lowest BCUT2D eigenvalue weighted by atomic mass is 9.94. The van der Waals surface area contributed by atoms with Crippen molar-refractivity contribution >= 4 is 11.6 Å². The molecule has 3 rings (SSSR count). The Morgan fingerprint density at radius 2 is 1.96 bits per heavy atom. The van der Waals surface area contributed by atoms with E-state index in [-0.39, 0.29) is 18.7 Å². The predicted molar refractivity (Wildman–Crippen MR) is 93.0 cm³/mol. The minimum atomic E-state index is -4.12. The number of nitrogens with zero attached hydrogens (tertiary/aromatic N) is 2. The number of benzene rings is 1. The average molecular weight is 370 g/mol. The number of likely N-dealkylation sites (tertiary alicyclic amines) is 1. The molecule has 1 fully saturated rings. The average Bonchev–Trinajstić information content (AvgIpc) is 2.60. The highest BCUT2D eigenvalue weighted by atomic mass is 19.4. The Morgan fingerprint density at radius 1 is 1.27 bits per heavy atom. The van der Waals surface area contributed by atoms with Gasteiger partial charge in [-0.05, 0) is 56.0 Å². The number of aliphatic hydroxyl groups is 1. The summed E-state index contributed by atoms with van der Waals surface area (Å²) in [6.07, 6.45) is -2.93. The number of aliphatic hydroxyl groups excluding tert-OH is 1. The van der Waals surface area contributed by atoms with Crippen LogP contribution >= 0.6 is 0 Å². The number of fused-ring (bicyclic) bond motifs is 1. The fourth-order valence-electron chi connectivity index (χ4n) is 3.94. The second kappa shape index (κ2) is 7.56. The van der Waals surface area contributed by atoms with E-state index in [0.717, 1.165) is 29.7 Å². The Bertz CT molecular complexity index is 655. The van der Waals surface area contributed by atoms with Crippen LogP contribution in [0.25, 0.3) is 0 Å². The first-order valence-electron chi connectivity index (χ1n) is 9.14. The summed E-state index contributed by atoms with van der Waals surface area (Å²) in [7, 11) is 0. The quantitative estimate of drug-likeness (QED) is 0.888. The molecule has 26 heavy (non-hydrogen) atoms. The molecule has 1 aromatic rings. The summed E-state index contributed by atoms with van der Waals surface area (Å²) in [6.45, 7) is 3.29. The molecule has 4 nitrogen and oxygen atoms in total. The molecule has 0 spiro atoms. The number of carbonyl (C=O) groups excluding carboxylic acids is 1. The van der Waals surface area contributed by atoms with Crippen molar-refractivity contribution in [2.75, 3.05) is 31.1 Å². The number of halogens is 3. The summed E-state index contributed by atoms with van der Waals surface area (Å²) >= 11 is 0. The van der Waals surface area contributed by atoms with Gasteiger partial charge in [-0.1, -0.05) is 12.1 Å². The van der Waals surface area contributed by atoms with Gasteiger partial charge in [-0.2, -0.15) is 13.2 Å². The van der Waals surface area contributed by atoms with E-state index >= 15 is 0 Å². The third-order valence-corrected chi connectivity index (χ3v) is 5.47.